The number of rotatable bonds is 7. The van der Waals surface area contributed by atoms with E-state index in [0.29, 0.717) is 5.84 Å². The van der Waals surface area contributed by atoms with Gasteiger partial charge in [0.1, 0.15) is 11.6 Å². The molecule has 0 saturated heterocycles. The van der Waals surface area contributed by atoms with Gasteiger partial charge in [-0.1, -0.05) is 18.6 Å². The van der Waals surface area contributed by atoms with Crippen LogP contribution < -0.4 is 10.5 Å². The van der Waals surface area contributed by atoms with E-state index >= 15 is 0 Å². The molecule has 0 fully saturated rings. The minimum atomic E-state index is 0.117. The van der Waals surface area contributed by atoms with E-state index in [9.17, 15) is 0 Å². The Bertz CT molecular complexity index is 510. The minimum absolute atomic E-state index is 0.117. The highest BCUT2D eigenvalue weighted by atomic mass is 32.1. The van der Waals surface area contributed by atoms with Crippen molar-refractivity contribution in [3.63, 3.8) is 0 Å². The van der Waals surface area contributed by atoms with Crippen LogP contribution in [-0.2, 0) is 0 Å². The standard InChI is InChI=1S/C16H24N2OS/c1-6-8-13(11(3)4)14(7-2)18-16(17)15-9-12(19-5)10-20-15/h6,9-10,14H,1,7-8H2,2-5H3,(H2,17,18). The summed E-state index contributed by atoms with van der Waals surface area (Å²) >= 11 is 1.55. The van der Waals surface area contributed by atoms with Crippen molar-refractivity contribution in [3.05, 3.63) is 40.1 Å². The third-order valence-corrected chi connectivity index (χ3v) is 4.08. The van der Waals surface area contributed by atoms with Crippen LogP contribution in [0.1, 0.15) is 38.5 Å². The Kier molecular flexibility index (Phi) is 6.52. The molecule has 0 amide bonds. The molecule has 0 aromatic carbocycles. The number of thiophene rings is 1. The first kappa shape index (κ1) is 16.5. The van der Waals surface area contributed by atoms with Crippen LogP contribution in [0.15, 0.2) is 40.2 Å². The van der Waals surface area contributed by atoms with Gasteiger partial charge in [0.05, 0.1) is 18.0 Å². The summed E-state index contributed by atoms with van der Waals surface area (Å²) in [7, 11) is 1.65. The number of ether oxygens (including phenoxy) is 1. The Morgan fingerprint density at radius 2 is 2.25 bits per heavy atom. The molecule has 20 heavy (non-hydrogen) atoms. The fraction of sp³-hybridized carbons (Fsp3) is 0.438. The molecule has 0 aliphatic rings. The fourth-order valence-corrected chi connectivity index (χ4v) is 2.80. The SMILES string of the molecule is C=CCC(=C(C)C)C(CC)N=C(N)c1cc(OC)cs1. The fourth-order valence-electron chi connectivity index (χ4n) is 2.04. The second-order valence-electron chi connectivity index (χ2n) is 4.81. The number of nitrogens with two attached hydrogens (primary N) is 1. The van der Waals surface area contributed by atoms with Crippen molar-refractivity contribution >= 4 is 17.2 Å². The molecule has 0 radical (unpaired) electrons. The van der Waals surface area contributed by atoms with Gasteiger partial charge in [0.25, 0.3) is 0 Å². The largest absolute Gasteiger partial charge is 0.496 e. The molecular formula is C16H24N2OS. The zero-order valence-corrected chi connectivity index (χ0v) is 13.6. The second kappa shape index (κ2) is 7.90. The van der Waals surface area contributed by atoms with Crippen LogP contribution in [0.25, 0.3) is 0 Å². The van der Waals surface area contributed by atoms with Gasteiger partial charge >= 0.3 is 0 Å². The maximum Gasteiger partial charge on any atom is 0.136 e. The van der Waals surface area contributed by atoms with Crippen LogP contribution in [-0.4, -0.2) is 19.0 Å². The minimum Gasteiger partial charge on any atom is -0.496 e. The van der Waals surface area contributed by atoms with E-state index in [0.717, 1.165) is 23.5 Å². The molecule has 0 spiro atoms. The number of aliphatic imine (C=N–C) groups is 1. The van der Waals surface area contributed by atoms with Gasteiger partial charge in [0.15, 0.2) is 0 Å². The monoisotopic (exact) mass is 292 g/mol. The smallest absolute Gasteiger partial charge is 0.136 e. The summed E-state index contributed by atoms with van der Waals surface area (Å²) in [4.78, 5) is 5.65. The molecule has 0 saturated carbocycles. The van der Waals surface area contributed by atoms with Crippen molar-refractivity contribution in [2.75, 3.05) is 7.11 Å². The van der Waals surface area contributed by atoms with Crippen LogP contribution in [0, 0.1) is 0 Å². The summed E-state index contributed by atoms with van der Waals surface area (Å²) < 4.78 is 5.18. The summed E-state index contributed by atoms with van der Waals surface area (Å²) in [5.41, 5.74) is 8.72. The molecule has 0 bridgehead atoms. The number of hydrogen-bond donors (Lipinski definition) is 1. The van der Waals surface area contributed by atoms with E-state index in [1.54, 1.807) is 18.4 Å². The Labute approximate surface area is 125 Å². The summed E-state index contributed by atoms with van der Waals surface area (Å²) in [6.45, 7) is 10.2. The first-order chi connectivity index (χ1) is 9.53. The predicted molar refractivity (Wildman–Crippen MR) is 88.9 cm³/mol. The summed E-state index contributed by atoms with van der Waals surface area (Å²) in [6, 6.07) is 2.04. The van der Waals surface area contributed by atoms with Crippen molar-refractivity contribution in [2.24, 2.45) is 10.7 Å². The molecule has 1 unspecified atom stereocenters. The zero-order chi connectivity index (χ0) is 15.1. The lowest BCUT2D eigenvalue weighted by Crippen LogP contribution is -2.18. The Balaban J connectivity index is 3.03. The van der Waals surface area contributed by atoms with E-state index in [4.69, 9.17) is 15.5 Å². The van der Waals surface area contributed by atoms with Gasteiger partial charge in [-0.3, -0.25) is 4.99 Å². The molecule has 2 N–H and O–H groups in total. The molecule has 1 aromatic rings. The van der Waals surface area contributed by atoms with Crippen LogP contribution in [0.5, 0.6) is 5.75 Å². The van der Waals surface area contributed by atoms with Crippen LogP contribution in [0.3, 0.4) is 0 Å². The van der Waals surface area contributed by atoms with Gasteiger partial charge in [-0.05, 0) is 32.3 Å². The first-order valence-corrected chi connectivity index (χ1v) is 7.64. The third kappa shape index (κ3) is 4.23. The molecule has 110 valence electrons. The maximum atomic E-state index is 6.13. The average Bonchev–Trinajstić information content (AvgIpc) is 2.91. The van der Waals surface area contributed by atoms with Crippen molar-refractivity contribution in [1.29, 1.82) is 0 Å². The predicted octanol–water partition coefficient (Wildman–Crippen LogP) is 4.15. The topological polar surface area (TPSA) is 47.6 Å². The highest BCUT2D eigenvalue weighted by Gasteiger charge is 2.13. The summed E-state index contributed by atoms with van der Waals surface area (Å²) in [6.07, 6.45) is 3.70. The molecular weight excluding hydrogens is 268 g/mol. The molecule has 0 aliphatic heterocycles. The molecule has 4 heteroatoms. The molecule has 1 aromatic heterocycles. The van der Waals surface area contributed by atoms with Crippen LogP contribution in [0.4, 0.5) is 0 Å². The summed E-state index contributed by atoms with van der Waals surface area (Å²) in [5, 5.41) is 1.93. The zero-order valence-electron chi connectivity index (χ0n) is 12.8. The maximum absolute atomic E-state index is 6.13. The number of nitrogens with zero attached hydrogens (tertiary/aromatic N) is 1. The van der Waals surface area contributed by atoms with Crippen molar-refractivity contribution < 1.29 is 4.74 Å². The number of hydrogen-bond acceptors (Lipinski definition) is 3. The van der Waals surface area contributed by atoms with Crippen molar-refractivity contribution in [3.8, 4) is 5.75 Å². The number of methoxy groups -OCH3 is 1. The van der Waals surface area contributed by atoms with Gasteiger partial charge in [-0.25, -0.2) is 0 Å². The Morgan fingerprint density at radius 1 is 1.55 bits per heavy atom. The van der Waals surface area contributed by atoms with Gasteiger partial charge in [0, 0.05) is 11.4 Å². The van der Waals surface area contributed by atoms with E-state index in [1.807, 2.05) is 17.5 Å². The Morgan fingerprint density at radius 3 is 2.70 bits per heavy atom. The van der Waals surface area contributed by atoms with Crippen LogP contribution in [0.2, 0.25) is 0 Å². The highest BCUT2D eigenvalue weighted by Crippen LogP contribution is 2.23. The van der Waals surface area contributed by atoms with E-state index in [2.05, 4.69) is 27.4 Å². The normalized spacial score (nSPS) is 12.9. The number of allylic oxidation sites excluding steroid dienone is 2. The lowest BCUT2D eigenvalue weighted by molar-refractivity contribution is 0.416. The highest BCUT2D eigenvalue weighted by molar-refractivity contribution is 7.12. The van der Waals surface area contributed by atoms with E-state index in [1.165, 1.54) is 11.1 Å². The third-order valence-electron chi connectivity index (χ3n) is 3.15. The molecule has 3 nitrogen and oxygen atoms in total. The van der Waals surface area contributed by atoms with Crippen molar-refractivity contribution in [1.82, 2.24) is 0 Å². The first-order valence-electron chi connectivity index (χ1n) is 6.76. The van der Waals surface area contributed by atoms with Crippen LogP contribution >= 0.6 is 11.3 Å². The lowest BCUT2D eigenvalue weighted by atomic mass is 9.97. The van der Waals surface area contributed by atoms with Gasteiger partial charge in [-0.2, -0.15) is 0 Å². The van der Waals surface area contributed by atoms with Gasteiger partial charge in [-0.15, -0.1) is 17.9 Å². The Hall–Kier alpha value is -1.55. The molecule has 1 atom stereocenters. The molecule has 1 rings (SSSR count). The average molecular weight is 292 g/mol. The summed E-state index contributed by atoms with van der Waals surface area (Å²) in [5.74, 6) is 1.40. The van der Waals surface area contributed by atoms with E-state index < -0.39 is 0 Å². The second-order valence-corrected chi connectivity index (χ2v) is 5.72. The molecule has 1 heterocycles. The molecule has 0 aliphatic carbocycles. The van der Waals surface area contributed by atoms with Gasteiger partial charge in [0.2, 0.25) is 0 Å². The van der Waals surface area contributed by atoms with E-state index in [-0.39, 0.29) is 6.04 Å². The van der Waals surface area contributed by atoms with Crippen molar-refractivity contribution in [2.45, 2.75) is 39.7 Å². The quantitative estimate of drug-likeness (QED) is 0.466. The number of amidine groups is 1. The van der Waals surface area contributed by atoms with Gasteiger partial charge < -0.3 is 10.5 Å². The lowest BCUT2D eigenvalue weighted by Gasteiger charge is -2.16.